The molecule has 1 aromatic rings. The molecule has 0 bridgehead atoms. The van der Waals surface area contributed by atoms with Gasteiger partial charge in [-0.05, 0) is 12.2 Å². The minimum absolute atomic E-state index is 0.524. The molecule has 1 aromatic heterocycles. The Bertz CT molecular complexity index is 218. The summed E-state index contributed by atoms with van der Waals surface area (Å²) in [4.78, 5) is 7.33. The molecule has 0 atom stereocenters. The summed E-state index contributed by atoms with van der Waals surface area (Å²) in [7, 11) is 0. The Balaban J connectivity index is 2.78. The molecule has 0 aromatic carbocycles. The first-order valence-corrected chi connectivity index (χ1v) is 4.93. The molecule has 0 aliphatic carbocycles. The van der Waals surface area contributed by atoms with Crippen molar-refractivity contribution in [3.63, 3.8) is 0 Å². The lowest BCUT2D eigenvalue weighted by Gasteiger charge is -2.02. The van der Waals surface area contributed by atoms with E-state index in [1.165, 1.54) is 5.69 Å². The van der Waals surface area contributed by atoms with Gasteiger partial charge in [0.1, 0.15) is 0 Å². The molecule has 0 saturated heterocycles. The maximum absolute atomic E-state index is 4.20. The molecule has 61 valence electrons. The highest BCUT2D eigenvalue weighted by Crippen LogP contribution is 2.19. The van der Waals surface area contributed by atoms with E-state index in [1.54, 1.807) is 18.1 Å². The Labute approximate surface area is 71.8 Å². The molecule has 1 N–H and O–H groups in total. The fraction of sp³-hybridized carbons (Fsp3) is 0.500. The van der Waals surface area contributed by atoms with Crippen LogP contribution in [0.3, 0.4) is 0 Å². The van der Waals surface area contributed by atoms with Crippen molar-refractivity contribution in [2.45, 2.75) is 19.8 Å². The molecule has 0 spiro atoms. The van der Waals surface area contributed by atoms with Crippen LogP contribution in [0.5, 0.6) is 0 Å². The zero-order chi connectivity index (χ0) is 8.27. The molecule has 0 saturated carbocycles. The van der Waals surface area contributed by atoms with E-state index in [1.807, 2.05) is 6.26 Å². The second-order valence-electron chi connectivity index (χ2n) is 2.71. The maximum atomic E-state index is 4.20. The molecule has 1 heterocycles. The maximum Gasteiger partial charge on any atom is 0.0925 e. The Morgan fingerprint density at radius 1 is 1.64 bits per heavy atom. The first kappa shape index (κ1) is 8.65. The van der Waals surface area contributed by atoms with E-state index in [4.69, 9.17) is 0 Å². The van der Waals surface area contributed by atoms with E-state index in [0.29, 0.717) is 5.92 Å². The van der Waals surface area contributed by atoms with Gasteiger partial charge in [0.25, 0.3) is 0 Å². The normalized spacial score (nSPS) is 10.9. The fourth-order valence-corrected chi connectivity index (χ4v) is 1.39. The van der Waals surface area contributed by atoms with Gasteiger partial charge in [0.2, 0.25) is 0 Å². The number of hydrogen-bond acceptors (Lipinski definition) is 2. The third kappa shape index (κ3) is 1.99. The molecule has 0 fully saturated rings. The molecule has 1 rings (SSSR count). The van der Waals surface area contributed by atoms with E-state index in [0.717, 1.165) is 5.69 Å². The number of thioether (sulfide) groups is 1. The molecule has 0 amide bonds. The highest BCUT2D eigenvalue weighted by atomic mass is 32.2. The lowest BCUT2D eigenvalue weighted by Crippen LogP contribution is -1.92. The summed E-state index contributed by atoms with van der Waals surface area (Å²) in [6.45, 7) is 4.32. The van der Waals surface area contributed by atoms with Crippen molar-refractivity contribution in [3.05, 3.63) is 23.5 Å². The van der Waals surface area contributed by atoms with Crippen LogP contribution in [-0.4, -0.2) is 16.2 Å². The molecule has 11 heavy (non-hydrogen) atoms. The van der Waals surface area contributed by atoms with Crippen LogP contribution >= 0.6 is 11.8 Å². The zero-order valence-corrected chi connectivity index (χ0v) is 7.90. The average Bonchev–Trinajstić information content (AvgIpc) is 2.36. The van der Waals surface area contributed by atoms with Crippen LogP contribution in [0.4, 0.5) is 0 Å². The molecule has 1 radical (unpaired) electrons. The van der Waals surface area contributed by atoms with Crippen LogP contribution in [-0.2, 0) is 0 Å². The average molecular weight is 169 g/mol. The van der Waals surface area contributed by atoms with E-state index >= 15 is 0 Å². The van der Waals surface area contributed by atoms with E-state index in [-0.39, 0.29) is 0 Å². The molecule has 0 aliphatic heterocycles. The smallest absolute Gasteiger partial charge is 0.0925 e. The Kier molecular flexibility index (Phi) is 3.00. The fourth-order valence-electron chi connectivity index (χ4n) is 0.983. The Hall–Kier alpha value is -0.440. The minimum atomic E-state index is 0.524. The van der Waals surface area contributed by atoms with Gasteiger partial charge < -0.3 is 4.98 Å². The highest BCUT2D eigenvalue weighted by Gasteiger charge is 2.07. The second-order valence-corrected chi connectivity index (χ2v) is 3.42. The number of hydrogen-bond donors (Lipinski definition) is 1. The summed E-state index contributed by atoms with van der Waals surface area (Å²) in [6, 6.07) is 0. The van der Waals surface area contributed by atoms with Gasteiger partial charge in [-0.3, -0.25) is 0 Å². The van der Waals surface area contributed by atoms with Crippen LogP contribution in [0.15, 0.2) is 6.33 Å². The third-order valence-electron chi connectivity index (χ3n) is 1.51. The van der Waals surface area contributed by atoms with Crippen molar-refractivity contribution in [3.8, 4) is 0 Å². The molecule has 3 heteroatoms. The molecular formula is C8H13N2S. The zero-order valence-electron chi connectivity index (χ0n) is 7.09. The largest absolute Gasteiger partial charge is 0.348 e. The van der Waals surface area contributed by atoms with Crippen LogP contribution in [0.25, 0.3) is 0 Å². The number of imidazole rings is 1. The van der Waals surface area contributed by atoms with Gasteiger partial charge in [-0.1, -0.05) is 13.8 Å². The monoisotopic (exact) mass is 169 g/mol. The summed E-state index contributed by atoms with van der Waals surface area (Å²) in [5.74, 6) is 2.59. The van der Waals surface area contributed by atoms with Gasteiger partial charge in [0.15, 0.2) is 0 Å². The summed E-state index contributed by atoms with van der Waals surface area (Å²) >= 11 is 1.68. The number of nitrogens with zero attached hydrogens (tertiary/aromatic N) is 1. The summed E-state index contributed by atoms with van der Waals surface area (Å²) in [5.41, 5.74) is 2.30. The number of H-pyrrole nitrogens is 1. The standard InChI is InChI=1S/C8H13N2S/c1-6(2)8-7(4-11-3)9-5-10-8/h4-6H,1-3H3,(H,9,10). The van der Waals surface area contributed by atoms with Gasteiger partial charge in [-0.15, -0.1) is 0 Å². The van der Waals surface area contributed by atoms with Gasteiger partial charge in [-0.25, -0.2) is 4.98 Å². The van der Waals surface area contributed by atoms with Crippen LogP contribution < -0.4 is 0 Å². The number of nitrogens with one attached hydrogen (secondary N) is 1. The van der Waals surface area contributed by atoms with Gasteiger partial charge in [0, 0.05) is 5.69 Å². The number of aromatic nitrogens is 2. The van der Waals surface area contributed by atoms with Crippen LogP contribution in [0, 0.1) is 5.75 Å². The highest BCUT2D eigenvalue weighted by molar-refractivity contribution is 8.00. The predicted octanol–water partition coefficient (Wildman–Crippen LogP) is 2.41. The SMILES string of the molecule is CS[CH]c1nc[nH]c1C(C)C. The first-order valence-electron chi connectivity index (χ1n) is 3.65. The van der Waals surface area contributed by atoms with Crippen molar-refractivity contribution >= 4 is 11.8 Å². The van der Waals surface area contributed by atoms with Crippen molar-refractivity contribution in [1.82, 2.24) is 9.97 Å². The topological polar surface area (TPSA) is 28.7 Å². The summed E-state index contributed by atoms with van der Waals surface area (Å²) in [5, 5.41) is 0. The molecule has 0 aliphatic rings. The van der Waals surface area contributed by atoms with Crippen LogP contribution in [0.2, 0.25) is 0 Å². The van der Waals surface area contributed by atoms with Gasteiger partial charge in [0.05, 0.1) is 17.8 Å². The minimum Gasteiger partial charge on any atom is -0.348 e. The Morgan fingerprint density at radius 3 is 2.91 bits per heavy atom. The van der Waals surface area contributed by atoms with Crippen molar-refractivity contribution in [2.24, 2.45) is 0 Å². The van der Waals surface area contributed by atoms with E-state index < -0.39 is 0 Å². The molecule has 2 nitrogen and oxygen atoms in total. The van der Waals surface area contributed by atoms with Crippen molar-refractivity contribution < 1.29 is 0 Å². The van der Waals surface area contributed by atoms with E-state index in [9.17, 15) is 0 Å². The lowest BCUT2D eigenvalue weighted by atomic mass is 10.1. The van der Waals surface area contributed by atoms with Crippen molar-refractivity contribution in [1.29, 1.82) is 0 Å². The van der Waals surface area contributed by atoms with E-state index in [2.05, 4.69) is 29.6 Å². The third-order valence-corrected chi connectivity index (χ3v) is 1.97. The Morgan fingerprint density at radius 2 is 2.36 bits per heavy atom. The summed E-state index contributed by atoms with van der Waals surface area (Å²) < 4.78 is 0. The lowest BCUT2D eigenvalue weighted by molar-refractivity contribution is 0.827. The van der Waals surface area contributed by atoms with Gasteiger partial charge >= 0.3 is 0 Å². The number of aromatic amines is 1. The van der Waals surface area contributed by atoms with Crippen LogP contribution in [0.1, 0.15) is 31.2 Å². The first-order chi connectivity index (χ1) is 5.25. The van der Waals surface area contributed by atoms with Gasteiger partial charge in [-0.2, -0.15) is 11.8 Å². The predicted molar refractivity (Wildman–Crippen MR) is 49.6 cm³/mol. The summed E-state index contributed by atoms with van der Waals surface area (Å²) in [6.07, 6.45) is 3.79. The second kappa shape index (κ2) is 3.81. The van der Waals surface area contributed by atoms with Crippen molar-refractivity contribution in [2.75, 3.05) is 6.26 Å². The quantitative estimate of drug-likeness (QED) is 0.752. The molecule has 0 unspecified atom stereocenters. The molecular weight excluding hydrogens is 156 g/mol. The number of rotatable bonds is 3.